The summed E-state index contributed by atoms with van der Waals surface area (Å²) in [6, 6.07) is 0. The number of aldehydes is 1. The van der Waals surface area contributed by atoms with E-state index in [0.717, 1.165) is 66.4 Å². The Morgan fingerprint density at radius 3 is 2.48 bits per heavy atom. The Hall–Kier alpha value is -0.265. The van der Waals surface area contributed by atoms with Gasteiger partial charge in [0.05, 0.1) is 0 Å². The largest absolute Gasteiger partial charge is 0.303 e. The van der Waals surface area contributed by atoms with Crippen molar-refractivity contribution < 1.29 is 4.79 Å². The normalized spacial score (nSPS) is 53.1. The Balaban J connectivity index is 1.58. The lowest BCUT2D eigenvalue weighted by molar-refractivity contribution is -0.137. The highest BCUT2D eigenvalue weighted by molar-refractivity contribution is 6.11. The molecule has 0 aromatic carbocycles. The van der Waals surface area contributed by atoms with E-state index in [2.05, 4.69) is 35.5 Å². The number of carbonyl (C=O) groups excluding carboxylic acids is 1. The third-order valence-electron chi connectivity index (χ3n) is 10.8. The zero-order valence-electron chi connectivity index (χ0n) is 18.7. The van der Waals surface area contributed by atoms with Crippen molar-refractivity contribution in [2.24, 2.45) is 52.3 Å². The Bertz CT molecular complexity index is 561. The van der Waals surface area contributed by atoms with Crippen molar-refractivity contribution in [1.82, 2.24) is 0 Å². The molecule has 152 valence electrons. The van der Waals surface area contributed by atoms with Crippen LogP contribution in [0.25, 0.3) is 0 Å². The minimum Gasteiger partial charge on any atom is -0.303 e. The number of hydrogen-bond acceptors (Lipinski definition) is 1. The van der Waals surface area contributed by atoms with Gasteiger partial charge in [-0.2, -0.15) is 0 Å². The molecule has 0 aromatic heterocycles. The van der Waals surface area contributed by atoms with Crippen LogP contribution in [0.5, 0.6) is 0 Å². The third-order valence-corrected chi connectivity index (χ3v) is 10.8. The molecule has 4 aliphatic carbocycles. The summed E-state index contributed by atoms with van der Waals surface area (Å²) in [4.78, 5) is 10.9. The Labute approximate surface area is 169 Å². The van der Waals surface area contributed by atoms with Crippen molar-refractivity contribution >= 4 is 14.1 Å². The summed E-state index contributed by atoms with van der Waals surface area (Å²) in [6.07, 6.45) is 14.8. The summed E-state index contributed by atoms with van der Waals surface area (Å²) in [5.74, 6) is 7.36. The van der Waals surface area contributed by atoms with Crippen LogP contribution < -0.4 is 0 Å². The zero-order valence-corrected chi connectivity index (χ0v) is 18.7. The molecule has 10 atom stereocenters. The van der Waals surface area contributed by atoms with Crippen LogP contribution >= 0.6 is 0 Å². The molecular weight excluding hydrogens is 327 g/mol. The first-order valence-electron chi connectivity index (χ1n) is 12.2. The lowest BCUT2D eigenvalue weighted by Gasteiger charge is -2.63. The zero-order chi connectivity index (χ0) is 19.4. The second-order valence-corrected chi connectivity index (χ2v) is 12.0. The summed E-state index contributed by atoms with van der Waals surface area (Å²) in [5, 5.41) is 0. The summed E-state index contributed by atoms with van der Waals surface area (Å²) in [6.45, 7) is 10.4. The van der Waals surface area contributed by atoms with E-state index in [1.165, 1.54) is 51.4 Å². The molecular formula is C25H43BO. The number of hydrogen-bond donors (Lipinski definition) is 0. The van der Waals surface area contributed by atoms with Crippen LogP contribution in [0, 0.1) is 52.3 Å². The van der Waals surface area contributed by atoms with Crippen molar-refractivity contribution in [3.8, 4) is 0 Å². The Kier molecular flexibility index (Phi) is 5.35. The summed E-state index contributed by atoms with van der Waals surface area (Å²) >= 11 is 0. The van der Waals surface area contributed by atoms with Gasteiger partial charge in [-0.1, -0.05) is 46.4 Å². The minimum atomic E-state index is 0.545. The van der Waals surface area contributed by atoms with Crippen molar-refractivity contribution in [3.63, 3.8) is 0 Å². The van der Waals surface area contributed by atoms with Gasteiger partial charge < -0.3 is 4.79 Å². The topological polar surface area (TPSA) is 17.1 Å². The molecule has 1 nitrogen and oxygen atoms in total. The van der Waals surface area contributed by atoms with Crippen LogP contribution in [0.4, 0.5) is 0 Å². The summed E-state index contributed by atoms with van der Waals surface area (Å²) in [5.41, 5.74) is 1.18. The Morgan fingerprint density at radius 2 is 1.74 bits per heavy atom. The van der Waals surface area contributed by atoms with Gasteiger partial charge >= 0.3 is 0 Å². The lowest BCUT2D eigenvalue weighted by Crippen LogP contribution is -2.56. The molecule has 0 bridgehead atoms. The first-order valence-corrected chi connectivity index (χ1v) is 12.2. The summed E-state index contributed by atoms with van der Waals surface area (Å²) < 4.78 is 0. The maximum atomic E-state index is 10.9. The highest BCUT2D eigenvalue weighted by atomic mass is 16.1. The van der Waals surface area contributed by atoms with Crippen molar-refractivity contribution in [1.29, 1.82) is 0 Å². The van der Waals surface area contributed by atoms with Gasteiger partial charge in [0.15, 0.2) is 0 Å². The fourth-order valence-corrected chi connectivity index (χ4v) is 9.36. The molecule has 4 rings (SSSR count). The van der Waals surface area contributed by atoms with E-state index < -0.39 is 0 Å². The molecule has 0 aromatic rings. The summed E-state index contributed by atoms with van der Waals surface area (Å²) in [7, 11) is 2.50. The van der Waals surface area contributed by atoms with Gasteiger partial charge in [-0.15, -0.1) is 0 Å². The van der Waals surface area contributed by atoms with Crippen molar-refractivity contribution in [3.05, 3.63) is 0 Å². The van der Waals surface area contributed by atoms with Crippen LogP contribution in [-0.2, 0) is 4.79 Å². The monoisotopic (exact) mass is 370 g/mol. The van der Waals surface area contributed by atoms with Crippen LogP contribution in [0.2, 0.25) is 5.82 Å². The highest BCUT2D eigenvalue weighted by Crippen LogP contribution is 2.69. The maximum absolute atomic E-state index is 10.9. The van der Waals surface area contributed by atoms with Crippen molar-refractivity contribution in [2.45, 2.75) is 97.7 Å². The minimum absolute atomic E-state index is 0.545. The molecule has 4 fully saturated rings. The second kappa shape index (κ2) is 7.21. The number of carbonyl (C=O) groups is 1. The third kappa shape index (κ3) is 3.07. The van der Waals surface area contributed by atoms with E-state index >= 15 is 0 Å². The molecule has 0 saturated heterocycles. The van der Waals surface area contributed by atoms with E-state index in [0.29, 0.717) is 10.8 Å². The van der Waals surface area contributed by atoms with E-state index in [9.17, 15) is 4.79 Å². The van der Waals surface area contributed by atoms with E-state index in [4.69, 9.17) is 0 Å². The predicted molar refractivity (Wildman–Crippen MR) is 117 cm³/mol. The molecule has 0 radical (unpaired) electrons. The quantitative estimate of drug-likeness (QED) is 0.443. The fourth-order valence-electron chi connectivity index (χ4n) is 9.36. The molecule has 4 aliphatic rings. The molecule has 4 saturated carbocycles. The van der Waals surface area contributed by atoms with Crippen LogP contribution in [0.15, 0.2) is 0 Å². The molecule has 0 heterocycles. The fraction of sp³-hybridized carbons (Fsp3) is 0.960. The van der Waals surface area contributed by atoms with Gasteiger partial charge in [-0.05, 0) is 97.2 Å². The second-order valence-electron chi connectivity index (χ2n) is 12.0. The van der Waals surface area contributed by atoms with Crippen LogP contribution in [0.3, 0.4) is 0 Å². The van der Waals surface area contributed by atoms with Gasteiger partial charge in [0.2, 0.25) is 0 Å². The number of fused-ring (bicyclic) bond motifs is 5. The molecule has 0 N–H and O–H groups in total. The predicted octanol–water partition coefficient (Wildman–Crippen LogP) is 5.93. The van der Waals surface area contributed by atoms with Gasteiger partial charge in [-0.3, -0.25) is 0 Å². The highest BCUT2D eigenvalue weighted by Gasteiger charge is 2.61. The van der Waals surface area contributed by atoms with E-state index in [1.807, 2.05) is 0 Å². The molecule has 0 spiro atoms. The average molecular weight is 370 g/mol. The van der Waals surface area contributed by atoms with Gasteiger partial charge in [-0.25, -0.2) is 0 Å². The smallest absolute Gasteiger partial charge is 0.120 e. The van der Waals surface area contributed by atoms with Gasteiger partial charge in [0.1, 0.15) is 14.1 Å². The first kappa shape index (κ1) is 20.0. The molecule has 0 aliphatic heterocycles. The maximum Gasteiger partial charge on any atom is 0.120 e. The van der Waals surface area contributed by atoms with Crippen LogP contribution in [-0.4, -0.2) is 14.1 Å². The van der Waals surface area contributed by atoms with Crippen LogP contribution in [0.1, 0.15) is 91.9 Å². The number of rotatable bonds is 4. The molecule has 2 unspecified atom stereocenters. The van der Waals surface area contributed by atoms with E-state index in [1.54, 1.807) is 0 Å². The van der Waals surface area contributed by atoms with Gasteiger partial charge in [0.25, 0.3) is 0 Å². The van der Waals surface area contributed by atoms with Gasteiger partial charge in [0, 0.05) is 6.42 Å². The average Bonchev–Trinajstić information content (AvgIpc) is 2.98. The van der Waals surface area contributed by atoms with Crippen molar-refractivity contribution in [2.75, 3.05) is 0 Å². The van der Waals surface area contributed by atoms with E-state index in [-0.39, 0.29) is 0 Å². The Morgan fingerprint density at radius 1 is 1.04 bits per heavy atom. The SMILES string of the molecule is B[C@@H]1CC[C@@]2(C)[C@H](CC(C)[C@@H]3[C@@H]2CC[C@]2(C)C([C@H](C)CCC=O)CC[C@@H]32)C1. The first-order chi connectivity index (χ1) is 12.8. The standard InChI is InChI=1S/C25H43BO/c1-16(6-5-13-27)20-7-8-21-23-17(2)14-18-15-19(26)9-11-24(18,3)22(23)10-12-25(20,21)4/h13,16-23H,5-12,14-15,26H2,1-4H3/t16-,17?,18-,19-,20?,21+,22+,23+,24+,25-/m1/s1. The lowest BCUT2D eigenvalue weighted by atomic mass is 9.41. The molecule has 27 heavy (non-hydrogen) atoms. The molecule has 0 amide bonds. The molecule has 2 heteroatoms.